The Hall–Kier alpha value is -2.97. The number of carboxylic acid groups (broad SMARTS) is 1. The summed E-state index contributed by atoms with van der Waals surface area (Å²) in [6, 6.07) is 14.9. The van der Waals surface area contributed by atoms with Gasteiger partial charge in [0.2, 0.25) is 0 Å². The zero-order chi connectivity index (χ0) is 22.4. The van der Waals surface area contributed by atoms with Gasteiger partial charge in [-0.05, 0) is 37.1 Å². The van der Waals surface area contributed by atoms with E-state index in [0.717, 1.165) is 0 Å². The van der Waals surface area contributed by atoms with E-state index in [0.29, 0.717) is 68.9 Å². The molecule has 0 bridgehead atoms. The molecule has 2 aromatic carbocycles. The Labute approximate surface area is 187 Å². The third-order valence-corrected chi connectivity index (χ3v) is 4.66. The molecule has 1 N–H and O–H groups in total. The summed E-state index contributed by atoms with van der Waals surface area (Å²) in [5, 5.41) is 8.79. The van der Waals surface area contributed by atoms with E-state index in [1.807, 2.05) is 48.5 Å². The number of para-hydroxylation sites is 4. The molecule has 3 rings (SSSR count). The van der Waals surface area contributed by atoms with Crippen LogP contribution < -0.4 is 18.9 Å². The zero-order valence-electron chi connectivity index (χ0n) is 18.1. The van der Waals surface area contributed by atoms with Gasteiger partial charge in [-0.1, -0.05) is 24.3 Å². The fraction of sp³-hybridized carbons (Fsp3) is 0.458. The van der Waals surface area contributed by atoms with Crippen LogP contribution in [0.5, 0.6) is 23.0 Å². The van der Waals surface area contributed by atoms with Gasteiger partial charge in [-0.15, -0.1) is 0 Å². The first-order valence-electron chi connectivity index (χ1n) is 10.8. The summed E-state index contributed by atoms with van der Waals surface area (Å²) < 4.78 is 35.1. The van der Waals surface area contributed by atoms with Crippen LogP contribution in [0.25, 0.3) is 0 Å². The van der Waals surface area contributed by atoms with Crippen LogP contribution in [0.1, 0.15) is 19.3 Å². The van der Waals surface area contributed by atoms with E-state index in [1.54, 1.807) is 0 Å². The molecule has 32 heavy (non-hydrogen) atoms. The van der Waals surface area contributed by atoms with Crippen molar-refractivity contribution < 1.29 is 38.3 Å². The van der Waals surface area contributed by atoms with E-state index < -0.39 is 5.97 Å². The number of benzene rings is 2. The first-order chi connectivity index (χ1) is 15.7. The molecule has 8 nitrogen and oxygen atoms in total. The second-order valence-electron chi connectivity index (χ2n) is 7.17. The molecule has 174 valence electrons. The highest BCUT2D eigenvalue weighted by molar-refractivity contribution is 5.66. The van der Waals surface area contributed by atoms with E-state index in [2.05, 4.69) is 0 Å². The lowest BCUT2D eigenvalue weighted by Gasteiger charge is -2.21. The van der Waals surface area contributed by atoms with Gasteiger partial charge in [0, 0.05) is 13.0 Å². The van der Waals surface area contributed by atoms with Crippen LogP contribution in [0.15, 0.2) is 48.5 Å². The Morgan fingerprint density at radius 2 is 1.28 bits per heavy atom. The fourth-order valence-corrected chi connectivity index (χ4v) is 3.04. The molecule has 0 atom stereocenters. The number of ether oxygens (including phenoxy) is 6. The number of fused-ring (bicyclic) bond motifs is 2. The largest absolute Gasteiger partial charge is 0.487 e. The van der Waals surface area contributed by atoms with E-state index in [1.165, 1.54) is 0 Å². The Kier molecular flexibility index (Phi) is 9.95. The number of unbranched alkanes of at least 4 members (excludes halogenated alkanes) is 1. The molecular formula is C24H30O8. The number of hydrogen-bond acceptors (Lipinski definition) is 7. The molecule has 1 heterocycles. The summed E-state index contributed by atoms with van der Waals surface area (Å²) in [6.45, 7) is 2.55. The van der Waals surface area contributed by atoms with Gasteiger partial charge < -0.3 is 33.5 Å². The number of rotatable bonds is 6. The molecule has 1 aliphatic heterocycles. The Morgan fingerprint density at radius 1 is 0.781 bits per heavy atom. The second-order valence-corrected chi connectivity index (χ2v) is 7.17. The van der Waals surface area contributed by atoms with Crippen LogP contribution in [0, 0.1) is 0 Å². The van der Waals surface area contributed by atoms with Crippen LogP contribution in [0.2, 0.25) is 0 Å². The van der Waals surface area contributed by atoms with Crippen LogP contribution in [0.3, 0.4) is 0 Å². The van der Waals surface area contributed by atoms with Gasteiger partial charge in [0.1, 0.15) is 32.5 Å². The van der Waals surface area contributed by atoms with Crippen molar-refractivity contribution in [3.63, 3.8) is 0 Å². The van der Waals surface area contributed by atoms with Crippen molar-refractivity contribution in [2.24, 2.45) is 0 Å². The highest BCUT2D eigenvalue weighted by atomic mass is 16.6. The Morgan fingerprint density at radius 3 is 1.78 bits per heavy atom. The lowest BCUT2D eigenvalue weighted by atomic mass is 10.2. The van der Waals surface area contributed by atoms with Crippen LogP contribution in [-0.4, -0.2) is 63.4 Å². The third-order valence-electron chi connectivity index (χ3n) is 4.66. The van der Waals surface area contributed by atoms with Crippen molar-refractivity contribution in [3.05, 3.63) is 48.5 Å². The monoisotopic (exact) mass is 446 g/mol. The highest BCUT2D eigenvalue weighted by Gasteiger charge is 2.16. The Balaban J connectivity index is 1.66. The number of carbonyl (C=O) groups is 1. The van der Waals surface area contributed by atoms with E-state index in [9.17, 15) is 4.79 Å². The van der Waals surface area contributed by atoms with Gasteiger partial charge in [0.05, 0.1) is 13.2 Å². The number of hydrogen-bond donors (Lipinski definition) is 1. The van der Waals surface area contributed by atoms with E-state index >= 15 is 0 Å². The van der Waals surface area contributed by atoms with Crippen molar-refractivity contribution in [3.8, 4) is 23.0 Å². The quantitative estimate of drug-likeness (QED) is 0.674. The standard InChI is InChI=1S/C24H30O8/c25-24(26)11-5-6-12-28-19-17-31-22-9-3-1-7-20(22)29-15-13-27-14-16-30-21-8-2-4-10-23(21)32-18-19/h1-4,7-10,19H,5-6,11-18H2,(H,25,26). The minimum absolute atomic E-state index is 0.125. The van der Waals surface area contributed by atoms with Crippen molar-refractivity contribution in [2.45, 2.75) is 25.4 Å². The predicted molar refractivity (Wildman–Crippen MR) is 117 cm³/mol. The molecule has 0 unspecified atom stereocenters. The van der Waals surface area contributed by atoms with Crippen molar-refractivity contribution in [1.29, 1.82) is 0 Å². The molecule has 8 heteroatoms. The Bertz CT molecular complexity index is 770. The summed E-state index contributed by atoms with van der Waals surface area (Å²) in [5.74, 6) is 1.68. The van der Waals surface area contributed by atoms with Crippen LogP contribution in [-0.2, 0) is 14.3 Å². The van der Waals surface area contributed by atoms with Crippen molar-refractivity contribution in [2.75, 3.05) is 46.2 Å². The minimum atomic E-state index is -0.806. The molecule has 0 amide bonds. The summed E-state index contributed by atoms with van der Waals surface area (Å²) >= 11 is 0. The molecule has 1 aliphatic rings. The summed E-state index contributed by atoms with van der Waals surface area (Å²) in [4.78, 5) is 10.7. The maximum atomic E-state index is 10.7. The van der Waals surface area contributed by atoms with Gasteiger partial charge in [0.15, 0.2) is 23.0 Å². The number of aliphatic carboxylic acids is 1. The van der Waals surface area contributed by atoms with Gasteiger partial charge in [-0.25, -0.2) is 0 Å². The van der Waals surface area contributed by atoms with Crippen molar-refractivity contribution >= 4 is 5.97 Å². The second kappa shape index (κ2) is 13.4. The SMILES string of the molecule is O=C(O)CCCCOC1COc2ccccc2OCCOCCOc2ccccc2OC1. The lowest BCUT2D eigenvalue weighted by molar-refractivity contribution is -0.137. The molecule has 0 fully saturated rings. The van der Waals surface area contributed by atoms with Gasteiger partial charge in [-0.3, -0.25) is 4.79 Å². The van der Waals surface area contributed by atoms with Gasteiger partial charge >= 0.3 is 5.97 Å². The molecule has 0 aromatic heterocycles. The van der Waals surface area contributed by atoms with Crippen LogP contribution in [0.4, 0.5) is 0 Å². The van der Waals surface area contributed by atoms with E-state index in [-0.39, 0.29) is 25.7 Å². The molecule has 0 saturated carbocycles. The van der Waals surface area contributed by atoms with Crippen LogP contribution >= 0.6 is 0 Å². The number of carboxylic acids is 1. The predicted octanol–water partition coefficient (Wildman–Crippen LogP) is 3.57. The lowest BCUT2D eigenvalue weighted by Crippen LogP contribution is -2.29. The first kappa shape index (κ1) is 23.7. The average molecular weight is 446 g/mol. The average Bonchev–Trinajstić information content (AvgIpc) is 2.80. The molecular weight excluding hydrogens is 416 g/mol. The minimum Gasteiger partial charge on any atom is -0.487 e. The molecule has 0 aliphatic carbocycles. The van der Waals surface area contributed by atoms with Crippen molar-refractivity contribution in [1.82, 2.24) is 0 Å². The molecule has 0 saturated heterocycles. The van der Waals surface area contributed by atoms with Gasteiger partial charge in [0.25, 0.3) is 0 Å². The summed E-state index contributed by atoms with van der Waals surface area (Å²) in [6.07, 6.45) is 0.957. The summed E-state index contributed by atoms with van der Waals surface area (Å²) in [7, 11) is 0. The topological polar surface area (TPSA) is 92.7 Å². The molecule has 0 spiro atoms. The molecule has 0 radical (unpaired) electrons. The normalized spacial score (nSPS) is 15.8. The fourth-order valence-electron chi connectivity index (χ4n) is 3.04. The maximum Gasteiger partial charge on any atom is 0.303 e. The smallest absolute Gasteiger partial charge is 0.303 e. The summed E-state index contributed by atoms with van der Waals surface area (Å²) in [5.41, 5.74) is 0. The van der Waals surface area contributed by atoms with Gasteiger partial charge in [-0.2, -0.15) is 0 Å². The third kappa shape index (κ3) is 8.28. The first-order valence-corrected chi connectivity index (χ1v) is 10.8. The maximum absolute atomic E-state index is 10.7. The van der Waals surface area contributed by atoms with E-state index in [4.69, 9.17) is 33.5 Å². The zero-order valence-corrected chi connectivity index (χ0v) is 18.1. The highest BCUT2D eigenvalue weighted by Crippen LogP contribution is 2.28. The molecule has 2 aromatic rings.